The summed E-state index contributed by atoms with van der Waals surface area (Å²) in [5.74, 6) is 0. The number of piperidine rings is 2. The highest BCUT2D eigenvalue weighted by atomic mass is 16.1. The van der Waals surface area contributed by atoms with E-state index in [0.717, 1.165) is 25.8 Å². The predicted octanol–water partition coefficient (Wildman–Crippen LogP) is 0.450. The van der Waals surface area contributed by atoms with Crippen molar-refractivity contribution in [2.75, 3.05) is 13.1 Å². The quantitative estimate of drug-likeness (QED) is 0.578. The molecular formula is C10H18N2O. The Labute approximate surface area is 79.3 Å². The molecule has 0 amide bonds. The fourth-order valence-electron chi connectivity index (χ4n) is 2.60. The summed E-state index contributed by atoms with van der Waals surface area (Å²) in [5.41, 5.74) is 0.287. The Bertz CT molecular complexity index is 182. The van der Waals surface area contributed by atoms with E-state index in [9.17, 15) is 4.79 Å². The Morgan fingerprint density at radius 3 is 2.69 bits per heavy atom. The summed E-state index contributed by atoms with van der Waals surface area (Å²) < 4.78 is 0. The van der Waals surface area contributed by atoms with Gasteiger partial charge in [0.2, 0.25) is 0 Å². The summed E-state index contributed by atoms with van der Waals surface area (Å²) in [7, 11) is 0. The second kappa shape index (κ2) is 3.76. The van der Waals surface area contributed by atoms with Crippen molar-refractivity contribution in [3.63, 3.8) is 0 Å². The molecule has 0 radical (unpaired) electrons. The minimum absolute atomic E-state index is 0.117. The van der Waals surface area contributed by atoms with Crippen molar-refractivity contribution < 1.29 is 4.79 Å². The third-order valence-electron chi connectivity index (χ3n) is 3.39. The first-order valence-electron chi connectivity index (χ1n) is 5.28. The smallest absolute Gasteiger partial charge is 0.136 e. The van der Waals surface area contributed by atoms with Crippen LogP contribution in [0.3, 0.4) is 0 Å². The molecule has 0 aliphatic carbocycles. The van der Waals surface area contributed by atoms with Crippen molar-refractivity contribution in [1.82, 2.24) is 10.6 Å². The molecule has 2 rings (SSSR count). The molecule has 0 aromatic heterocycles. The fraction of sp³-hybridized carbons (Fsp3) is 0.900. The maximum atomic E-state index is 10.7. The zero-order valence-corrected chi connectivity index (χ0v) is 8.01. The number of carbonyl (C=O) groups excluding carboxylic acids is 1. The highest BCUT2D eigenvalue weighted by Gasteiger charge is 2.36. The van der Waals surface area contributed by atoms with Crippen LogP contribution >= 0.6 is 0 Å². The average Bonchev–Trinajstić information content (AvgIpc) is 2.19. The Balaban J connectivity index is 1.99. The third kappa shape index (κ3) is 1.92. The number of aldehydes is 1. The lowest BCUT2D eigenvalue weighted by Crippen LogP contribution is -2.58. The molecule has 2 saturated heterocycles. The van der Waals surface area contributed by atoms with Gasteiger partial charge in [0.05, 0.1) is 6.04 Å². The lowest BCUT2D eigenvalue weighted by molar-refractivity contribution is -0.111. The molecule has 3 heteroatoms. The number of hydrogen-bond donors (Lipinski definition) is 2. The molecule has 1 unspecified atom stereocenters. The van der Waals surface area contributed by atoms with Gasteiger partial charge in [0.15, 0.2) is 0 Å². The van der Waals surface area contributed by atoms with Gasteiger partial charge in [-0.05, 0) is 45.2 Å². The van der Waals surface area contributed by atoms with E-state index in [1.807, 2.05) is 0 Å². The minimum Gasteiger partial charge on any atom is -0.317 e. The Kier molecular flexibility index (Phi) is 2.65. The van der Waals surface area contributed by atoms with Crippen LogP contribution in [0, 0.1) is 0 Å². The molecule has 0 saturated carbocycles. The van der Waals surface area contributed by atoms with E-state index in [0.29, 0.717) is 0 Å². The van der Waals surface area contributed by atoms with Crippen LogP contribution in [-0.2, 0) is 4.79 Å². The second-order valence-corrected chi connectivity index (χ2v) is 4.31. The topological polar surface area (TPSA) is 41.1 Å². The van der Waals surface area contributed by atoms with Gasteiger partial charge in [-0.2, -0.15) is 0 Å². The second-order valence-electron chi connectivity index (χ2n) is 4.31. The van der Waals surface area contributed by atoms with Crippen LogP contribution in [0.4, 0.5) is 0 Å². The van der Waals surface area contributed by atoms with Crippen molar-refractivity contribution in [3.8, 4) is 0 Å². The maximum absolute atomic E-state index is 10.7. The molecule has 2 heterocycles. The SMILES string of the molecule is O=CC1CCCC2(CCNCC2)N1. The van der Waals surface area contributed by atoms with Crippen molar-refractivity contribution in [2.24, 2.45) is 0 Å². The van der Waals surface area contributed by atoms with Crippen molar-refractivity contribution in [1.29, 1.82) is 0 Å². The molecular weight excluding hydrogens is 164 g/mol. The molecule has 74 valence electrons. The summed E-state index contributed by atoms with van der Waals surface area (Å²) in [6, 6.07) is 0.117. The molecule has 3 nitrogen and oxygen atoms in total. The first kappa shape index (κ1) is 9.16. The van der Waals surface area contributed by atoms with Crippen molar-refractivity contribution in [3.05, 3.63) is 0 Å². The van der Waals surface area contributed by atoms with Gasteiger partial charge >= 0.3 is 0 Å². The van der Waals surface area contributed by atoms with E-state index < -0.39 is 0 Å². The normalized spacial score (nSPS) is 33.1. The first-order chi connectivity index (χ1) is 6.35. The molecule has 1 spiro atoms. The summed E-state index contributed by atoms with van der Waals surface area (Å²) in [6.45, 7) is 2.19. The molecule has 1 atom stereocenters. The van der Waals surface area contributed by atoms with Crippen LogP contribution in [-0.4, -0.2) is 31.0 Å². The van der Waals surface area contributed by atoms with E-state index in [1.54, 1.807) is 0 Å². The maximum Gasteiger partial charge on any atom is 0.136 e. The Hall–Kier alpha value is -0.410. The molecule has 0 bridgehead atoms. The standard InChI is InChI=1S/C10H18N2O/c13-8-9-2-1-3-10(12-9)4-6-11-7-5-10/h8-9,11-12H,1-7H2. The van der Waals surface area contributed by atoms with Gasteiger partial charge in [-0.25, -0.2) is 0 Å². The average molecular weight is 182 g/mol. The Morgan fingerprint density at radius 2 is 2.00 bits per heavy atom. The number of hydrogen-bond acceptors (Lipinski definition) is 3. The summed E-state index contributed by atoms with van der Waals surface area (Å²) in [4.78, 5) is 10.7. The van der Waals surface area contributed by atoms with Crippen molar-refractivity contribution >= 4 is 6.29 Å². The molecule has 2 fully saturated rings. The number of rotatable bonds is 1. The Morgan fingerprint density at radius 1 is 1.23 bits per heavy atom. The van der Waals surface area contributed by atoms with Gasteiger partial charge in [-0.1, -0.05) is 0 Å². The van der Waals surface area contributed by atoms with Gasteiger partial charge in [-0.3, -0.25) is 0 Å². The van der Waals surface area contributed by atoms with Crippen molar-refractivity contribution in [2.45, 2.75) is 43.7 Å². The van der Waals surface area contributed by atoms with E-state index in [-0.39, 0.29) is 11.6 Å². The fourth-order valence-corrected chi connectivity index (χ4v) is 2.60. The first-order valence-corrected chi connectivity index (χ1v) is 5.28. The highest BCUT2D eigenvalue weighted by molar-refractivity contribution is 5.58. The summed E-state index contributed by atoms with van der Waals surface area (Å²) >= 11 is 0. The van der Waals surface area contributed by atoms with Crippen LogP contribution in [0.2, 0.25) is 0 Å². The number of carbonyl (C=O) groups is 1. The molecule has 13 heavy (non-hydrogen) atoms. The van der Waals surface area contributed by atoms with Gasteiger partial charge in [-0.15, -0.1) is 0 Å². The zero-order chi connectivity index (χ0) is 9.15. The van der Waals surface area contributed by atoms with Crippen LogP contribution < -0.4 is 10.6 Å². The predicted molar refractivity (Wildman–Crippen MR) is 51.7 cm³/mol. The van der Waals surface area contributed by atoms with E-state index >= 15 is 0 Å². The third-order valence-corrected chi connectivity index (χ3v) is 3.39. The lowest BCUT2D eigenvalue weighted by atomic mass is 9.79. The minimum atomic E-state index is 0.117. The van der Waals surface area contributed by atoms with Crippen LogP contribution in [0.1, 0.15) is 32.1 Å². The van der Waals surface area contributed by atoms with Gasteiger partial charge in [0.25, 0.3) is 0 Å². The largest absolute Gasteiger partial charge is 0.317 e. The highest BCUT2D eigenvalue weighted by Crippen LogP contribution is 2.29. The van der Waals surface area contributed by atoms with E-state index in [4.69, 9.17) is 0 Å². The van der Waals surface area contributed by atoms with Crippen LogP contribution in [0.5, 0.6) is 0 Å². The van der Waals surface area contributed by atoms with E-state index in [1.165, 1.54) is 25.7 Å². The van der Waals surface area contributed by atoms with E-state index in [2.05, 4.69) is 10.6 Å². The molecule has 0 aromatic rings. The van der Waals surface area contributed by atoms with Crippen LogP contribution in [0.15, 0.2) is 0 Å². The van der Waals surface area contributed by atoms with Gasteiger partial charge in [0, 0.05) is 5.54 Å². The molecule has 2 aliphatic heterocycles. The molecule has 2 aliphatic rings. The van der Waals surface area contributed by atoms with Crippen LogP contribution in [0.25, 0.3) is 0 Å². The molecule has 2 N–H and O–H groups in total. The van der Waals surface area contributed by atoms with Gasteiger partial charge in [0.1, 0.15) is 6.29 Å². The monoisotopic (exact) mass is 182 g/mol. The van der Waals surface area contributed by atoms with Gasteiger partial charge < -0.3 is 15.4 Å². The molecule has 0 aromatic carbocycles. The number of nitrogens with one attached hydrogen (secondary N) is 2. The zero-order valence-electron chi connectivity index (χ0n) is 8.01. The summed E-state index contributed by atoms with van der Waals surface area (Å²) in [5, 5.41) is 6.87. The lowest BCUT2D eigenvalue weighted by Gasteiger charge is -2.43. The summed E-state index contributed by atoms with van der Waals surface area (Å²) in [6.07, 6.45) is 6.91.